The van der Waals surface area contributed by atoms with Crippen LogP contribution in [0.5, 0.6) is 0 Å². The zero-order valence-electron chi connectivity index (χ0n) is 17.4. The first-order valence-electron chi connectivity index (χ1n) is 10.3. The summed E-state index contributed by atoms with van der Waals surface area (Å²) >= 11 is 0. The predicted molar refractivity (Wildman–Crippen MR) is 114 cm³/mol. The van der Waals surface area contributed by atoms with Crippen molar-refractivity contribution in [3.63, 3.8) is 0 Å². The summed E-state index contributed by atoms with van der Waals surface area (Å²) in [7, 11) is 0. The quantitative estimate of drug-likeness (QED) is 0.425. The molecule has 1 atom stereocenters. The topological polar surface area (TPSA) is 76.8 Å². The van der Waals surface area contributed by atoms with E-state index in [-0.39, 0.29) is 25.8 Å². The summed E-state index contributed by atoms with van der Waals surface area (Å²) in [5.74, 6) is -0.883. The lowest BCUT2D eigenvalue weighted by atomic mass is 10.1. The van der Waals surface area contributed by atoms with Gasteiger partial charge in [0.15, 0.2) is 12.4 Å². The Kier molecular flexibility index (Phi) is 6.55. The van der Waals surface area contributed by atoms with Gasteiger partial charge in [-0.15, -0.1) is 0 Å². The zero-order valence-corrected chi connectivity index (χ0v) is 17.4. The molecule has 1 aliphatic rings. The largest absolute Gasteiger partial charge is 0.456 e. The van der Waals surface area contributed by atoms with Crippen LogP contribution < -0.4 is 4.57 Å². The Hall–Kier alpha value is -4.00. The van der Waals surface area contributed by atoms with Crippen LogP contribution in [0.4, 0.5) is 4.79 Å². The number of amides is 2. The third-order valence-electron chi connectivity index (χ3n) is 5.15. The average Bonchev–Trinajstić information content (AvgIpc) is 3.18. The van der Waals surface area contributed by atoms with Crippen molar-refractivity contribution in [3.8, 4) is 0 Å². The van der Waals surface area contributed by atoms with E-state index in [1.165, 1.54) is 6.20 Å². The number of pyridine rings is 1. The van der Waals surface area contributed by atoms with E-state index in [4.69, 9.17) is 9.47 Å². The Balaban J connectivity index is 1.41. The number of esters is 1. The minimum absolute atomic E-state index is 0.0498. The summed E-state index contributed by atoms with van der Waals surface area (Å²) in [6.07, 6.45) is 3.06. The van der Waals surface area contributed by atoms with Gasteiger partial charge in [0.2, 0.25) is 6.54 Å². The Morgan fingerprint density at radius 2 is 1.66 bits per heavy atom. The molecule has 2 amide bonds. The van der Waals surface area contributed by atoms with Crippen LogP contribution in [0, 0.1) is 0 Å². The summed E-state index contributed by atoms with van der Waals surface area (Å²) in [5, 5.41) is 0. The van der Waals surface area contributed by atoms with Crippen LogP contribution in [0.2, 0.25) is 0 Å². The number of ether oxygens (including phenoxy) is 2. The number of rotatable bonds is 7. The SMILES string of the molecule is O=C(C[n+]1cccc(C(=O)N2C(=O)OC[C@@H]2Cc2ccccc2)c1)OCc1ccccc1. The van der Waals surface area contributed by atoms with Crippen molar-refractivity contribution in [1.29, 1.82) is 0 Å². The second-order valence-electron chi connectivity index (χ2n) is 7.51. The number of carbonyl (C=O) groups excluding carboxylic acids is 3. The van der Waals surface area contributed by atoms with Crippen molar-refractivity contribution < 1.29 is 28.4 Å². The number of cyclic esters (lactones) is 1. The number of nitrogens with zero attached hydrogens (tertiary/aromatic N) is 2. The van der Waals surface area contributed by atoms with Crippen molar-refractivity contribution in [2.45, 2.75) is 25.6 Å². The molecule has 2 aromatic carbocycles. The molecule has 1 saturated heterocycles. The second kappa shape index (κ2) is 9.87. The van der Waals surface area contributed by atoms with E-state index in [9.17, 15) is 14.4 Å². The number of carbonyl (C=O) groups is 3. The van der Waals surface area contributed by atoms with Gasteiger partial charge in [-0.3, -0.25) is 4.79 Å². The average molecular weight is 431 g/mol. The van der Waals surface area contributed by atoms with Gasteiger partial charge in [0.25, 0.3) is 5.91 Å². The molecule has 0 saturated carbocycles. The number of benzene rings is 2. The van der Waals surface area contributed by atoms with E-state index in [2.05, 4.69) is 0 Å². The van der Waals surface area contributed by atoms with E-state index in [1.54, 1.807) is 22.9 Å². The normalized spacial score (nSPS) is 15.3. The van der Waals surface area contributed by atoms with Gasteiger partial charge < -0.3 is 9.47 Å². The Morgan fingerprint density at radius 1 is 0.969 bits per heavy atom. The zero-order chi connectivity index (χ0) is 22.3. The standard InChI is InChI=1S/C25H23N2O5/c28-23(31-17-20-10-5-2-6-11-20)16-26-13-7-12-21(15-26)24(29)27-22(18-32-25(27)30)14-19-8-3-1-4-9-19/h1-13,15,22H,14,16-18H2/q+1/t22-/m0/s1. The molecule has 7 nitrogen and oxygen atoms in total. The molecule has 0 aliphatic carbocycles. The fraction of sp³-hybridized carbons (Fsp3) is 0.200. The maximum absolute atomic E-state index is 13.1. The predicted octanol–water partition coefficient (Wildman–Crippen LogP) is 2.92. The number of hydrogen-bond acceptors (Lipinski definition) is 5. The van der Waals surface area contributed by atoms with Gasteiger partial charge in [-0.25, -0.2) is 14.5 Å². The van der Waals surface area contributed by atoms with E-state index >= 15 is 0 Å². The van der Waals surface area contributed by atoms with Crippen molar-refractivity contribution in [1.82, 2.24) is 4.90 Å². The summed E-state index contributed by atoms with van der Waals surface area (Å²) in [6.45, 7) is 0.281. The molecule has 2 heterocycles. The molecule has 4 rings (SSSR count). The van der Waals surface area contributed by atoms with Crippen LogP contribution in [0.15, 0.2) is 85.2 Å². The highest BCUT2D eigenvalue weighted by Gasteiger charge is 2.39. The molecule has 32 heavy (non-hydrogen) atoms. The molecule has 1 fully saturated rings. The fourth-order valence-electron chi connectivity index (χ4n) is 3.56. The highest BCUT2D eigenvalue weighted by Crippen LogP contribution is 2.20. The molecule has 0 bridgehead atoms. The number of hydrogen-bond donors (Lipinski definition) is 0. The Bertz CT molecular complexity index is 1100. The van der Waals surface area contributed by atoms with Crippen molar-refractivity contribution >= 4 is 18.0 Å². The van der Waals surface area contributed by atoms with E-state index < -0.39 is 18.0 Å². The lowest BCUT2D eigenvalue weighted by molar-refractivity contribution is -0.686. The molecule has 0 spiro atoms. The van der Waals surface area contributed by atoms with Gasteiger partial charge in [-0.1, -0.05) is 60.7 Å². The molecule has 1 aliphatic heterocycles. The van der Waals surface area contributed by atoms with E-state index in [0.29, 0.717) is 12.0 Å². The number of aromatic nitrogens is 1. The third kappa shape index (κ3) is 5.18. The molecule has 162 valence electrons. The van der Waals surface area contributed by atoms with Crippen LogP contribution in [0.25, 0.3) is 0 Å². The molecule has 7 heteroatoms. The van der Waals surface area contributed by atoms with Crippen LogP contribution in [0.3, 0.4) is 0 Å². The van der Waals surface area contributed by atoms with Crippen molar-refractivity contribution in [2.75, 3.05) is 6.61 Å². The lowest BCUT2D eigenvalue weighted by Crippen LogP contribution is -2.43. The first-order valence-corrected chi connectivity index (χ1v) is 10.3. The van der Waals surface area contributed by atoms with Crippen molar-refractivity contribution in [2.24, 2.45) is 0 Å². The first-order chi connectivity index (χ1) is 15.6. The van der Waals surface area contributed by atoms with Gasteiger partial charge in [-0.05, 0) is 23.6 Å². The Morgan fingerprint density at radius 3 is 2.38 bits per heavy atom. The molecular formula is C25H23N2O5+. The van der Waals surface area contributed by atoms with E-state index in [0.717, 1.165) is 16.0 Å². The summed E-state index contributed by atoms with van der Waals surface area (Å²) in [4.78, 5) is 38.7. The maximum Gasteiger partial charge on any atom is 0.417 e. The molecule has 0 radical (unpaired) electrons. The summed E-state index contributed by atoms with van der Waals surface area (Å²) in [6, 6.07) is 21.9. The van der Waals surface area contributed by atoms with Gasteiger partial charge in [0.05, 0.1) is 6.04 Å². The molecule has 0 N–H and O–H groups in total. The van der Waals surface area contributed by atoms with Gasteiger partial charge >= 0.3 is 12.1 Å². The van der Waals surface area contributed by atoms with Gasteiger partial charge in [-0.2, -0.15) is 4.57 Å². The third-order valence-corrected chi connectivity index (χ3v) is 5.15. The van der Waals surface area contributed by atoms with Crippen LogP contribution in [-0.2, 0) is 33.8 Å². The highest BCUT2D eigenvalue weighted by molar-refractivity contribution is 6.03. The number of imide groups is 1. The molecule has 1 aromatic heterocycles. The monoisotopic (exact) mass is 431 g/mol. The smallest absolute Gasteiger partial charge is 0.417 e. The highest BCUT2D eigenvalue weighted by atomic mass is 16.6. The molecule has 0 unspecified atom stereocenters. The van der Waals surface area contributed by atoms with Gasteiger partial charge in [0, 0.05) is 6.07 Å². The molecule has 3 aromatic rings. The fourth-order valence-corrected chi connectivity index (χ4v) is 3.56. The van der Waals surface area contributed by atoms with Crippen molar-refractivity contribution in [3.05, 3.63) is 102 Å². The molecular weight excluding hydrogens is 408 g/mol. The Labute approximate surface area is 185 Å². The van der Waals surface area contributed by atoms with Gasteiger partial charge in [0.1, 0.15) is 18.8 Å². The summed E-state index contributed by atoms with van der Waals surface area (Å²) < 4.78 is 12.0. The lowest BCUT2D eigenvalue weighted by Gasteiger charge is -2.19. The minimum atomic E-state index is -0.659. The summed E-state index contributed by atoms with van der Waals surface area (Å²) in [5.41, 5.74) is 2.20. The van der Waals surface area contributed by atoms with E-state index in [1.807, 2.05) is 60.7 Å². The maximum atomic E-state index is 13.1. The minimum Gasteiger partial charge on any atom is -0.456 e. The second-order valence-corrected chi connectivity index (χ2v) is 7.51. The first kappa shape index (κ1) is 21.2. The van der Waals surface area contributed by atoms with Crippen LogP contribution in [-0.4, -0.2) is 35.5 Å². The van der Waals surface area contributed by atoms with Crippen LogP contribution in [0.1, 0.15) is 21.5 Å². The van der Waals surface area contributed by atoms with Crippen LogP contribution >= 0.6 is 0 Å².